The van der Waals surface area contributed by atoms with Crippen LogP contribution in [-0.2, 0) is 0 Å². The van der Waals surface area contributed by atoms with Crippen molar-refractivity contribution in [3.05, 3.63) is 21.4 Å². The Balaban J connectivity index is 1.84. The lowest BCUT2D eigenvalue weighted by atomic mass is 10.2. The second-order valence-electron chi connectivity index (χ2n) is 5.37. The van der Waals surface area contributed by atoms with E-state index in [0.29, 0.717) is 17.8 Å². The Bertz CT molecular complexity index is 552. The van der Waals surface area contributed by atoms with Gasteiger partial charge in [-0.05, 0) is 38.4 Å². The molecule has 114 valence electrons. The van der Waals surface area contributed by atoms with Crippen molar-refractivity contribution < 1.29 is 9.90 Å². The number of hydrogen-bond acceptors (Lipinski definition) is 4. The van der Waals surface area contributed by atoms with E-state index in [0.717, 1.165) is 23.0 Å². The first kappa shape index (κ1) is 16.0. The number of carbonyl (C=O) groups is 1. The predicted molar refractivity (Wildman–Crippen MR) is 85.6 cm³/mol. The van der Waals surface area contributed by atoms with Crippen LogP contribution in [0.3, 0.4) is 0 Å². The van der Waals surface area contributed by atoms with Gasteiger partial charge in [0.05, 0.1) is 16.4 Å². The van der Waals surface area contributed by atoms with Crippen molar-refractivity contribution in [2.45, 2.75) is 32.2 Å². The number of amides is 1. The van der Waals surface area contributed by atoms with Crippen LogP contribution in [-0.4, -0.2) is 48.7 Å². The van der Waals surface area contributed by atoms with Gasteiger partial charge in [-0.3, -0.25) is 4.79 Å². The molecule has 1 aromatic rings. The van der Waals surface area contributed by atoms with Crippen LogP contribution in [0.4, 0.5) is 0 Å². The number of aryl methyl sites for hydroxylation is 1. The van der Waals surface area contributed by atoms with Crippen LogP contribution in [0.15, 0.2) is 6.07 Å². The number of nitrogens with zero attached hydrogens (tertiary/aromatic N) is 1. The van der Waals surface area contributed by atoms with Crippen molar-refractivity contribution in [1.82, 2.24) is 10.2 Å². The van der Waals surface area contributed by atoms with Crippen molar-refractivity contribution in [3.63, 3.8) is 0 Å². The molecule has 0 atom stereocenters. The number of aliphatic hydroxyl groups is 1. The van der Waals surface area contributed by atoms with Crippen LogP contribution in [0.25, 0.3) is 0 Å². The van der Waals surface area contributed by atoms with E-state index in [9.17, 15) is 4.79 Å². The maximum Gasteiger partial charge on any atom is 0.261 e. The molecule has 1 aliphatic carbocycles. The van der Waals surface area contributed by atoms with Gasteiger partial charge in [0.2, 0.25) is 0 Å². The molecule has 1 fully saturated rings. The van der Waals surface area contributed by atoms with Gasteiger partial charge in [0.25, 0.3) is 5.91 Å². The standard InChI is InChI=1S/C16H22N2O2S/c1-12-11-15(21-14(12)5-3-4-10-19)16(20)17-8-9-18(2)13-6-7-13/h11,13,19H,4,6-10H2,1-2H3,(H,17,20). The lowest BCUT2D eigenvalue weighted by Gasteiger charge is -2.15. The molecule has 0 aliphatic heterocycles. The van der Waals surface area contributed by atoms with Crippen molar-refractivity contribution in [1.29, 1.82) is 0 Å². The van der Waals surface area contributed by atoms with E-state index < -0.39 is 0 Å². The summed E-state index contributed by atoms with van der Waals surface area (Å²) in [5, 5.41) is 11.7. The quantitative estimate of drug-likeness (QED) is 0.785. The number of aliphatic hydroxyl groups excluding tert-OH is 1. The van der Waals surface area contributed by atoms with Crippen molar-refractivity contribution >= 4 is 17.2 Å². The topological polar surface area (TPSA) is 52.6 Å². The summed E-state index contributed by atoms with van der Waals surface area (Å²) in [6.07, 6.45) is 3.03. The molecule has 21 heavy (non-hydrogen) atoms. The summed E-state index contributed by atoms with van der Waals surface area (Å²) >= 11 is 1.41. The minimum Gasteiger partial charge on any atom is -0.395 e. The van der Waals surface area contributed by atoms with Gasteiger partial charge in [0.15, 0.2) is 0 Å². The van der Waals surface area contributed by atoms with Gasteiger partial charge in [-0.1, -0.05) is 11.8 Å². The molecule has 1 amide bonds. The molecular formula is C16H22N2O2S. The van der Waals surface area contributed by atoms with Crippen molar-refractivity contribution in [2.24, 2.45) is 0 Å². The van der Waals surface area contributed by atoms with Gasteiger partial charge in [0.1, 0.15) is 0 Å². The van der Waals surface area contributed by atoms with Gasteiger partial charge >= 0.3 is 0 Å². The maximum absolute atomic E-state index is 12.1. The Morgan fingerprint density at radius 3 is 3.00 bits per heavy atom. The number of thiophene rings is 1. The largest absolute Gasteiger partial charge is 0.395 e. The van der Waals surface area contributed by atoms with E-state index in [4.69, 9.17) is 5.11 Å². The molecule has 1 aliphatic rings. The summed E-state index contributed by atoms with van der Waals surface area (Å²) in [5.74, 6) is 5.88. The van der Waals surface area contributed by atoms with Crippen LogP contribution < -0.4 is 5.32 Å². The summed E-state index contributed by atoms with van der Waals surface area (Å²) in [6, 6.07) is 2.60. The number of hydrogen-bond donors (Lipinski definition) is 2. The molecule has 1 heterocycles. The summed E-state index contributed by atoms with van der Waals surface area (Å²) < 4.78 is 0. The summed E-state index contributed by atoms with van der Waals surface area (Å²) in [4.78, 5) is 16.0. The molecule has 4 nitrogen and oxygen atoms in total. The summed E-state index contributed by atoms with van der Waals surface area (Å²) in [7, 11) is 2.11. The first-order valence-corrected chi connectivity index (χ1v) is 8.12. The Hall–Kier alpha value is -1.35. The zero-order valence-electron chi connectivity index (χ0n) is 12.6. The third kappa shape index (κ3) is 4.85. The monoisotopic (exact) mass is 306 g/mol. The number of nitrogens with one attached hydrogen (secondary N) is 1. The first-order chi connectivity index (χ1) is 10.1. The second-order valence-corrected chi connectivity index (χ2v) is 6.42. The van der Waals surface area contributed by atoms with Crippen LogP contribution >= 0.6 is 11.3 Å². The van der Waals surface area contributed by atoms with Gasteiger partial charge in [-0.2, -0.15) is 0 Å². The van der Waals surface area contributed by atoms with E-state index in [1.165, 1.54) is 24.2 Å². The van der Waals surface area contributed by atoms with Crippen LogP contribution in [0.5, 0.6) is 0 Å². The highest BCUT2D eigenvalue weighted by atomic mass is 32.1. The highest BCUT2D eigenvalue weighted by Crippen LogP contribution is 2.24. The fraction of sp³-hybridized carbons (Fsp3) is 0.562. The molecule has 5 heteroatoms. The lowest BCUT2D eigenvalue weighted by Crippen LogP contribution is -2.33. The van der Waals surface area contributed by atoms with Crippen molar-refractivity contribution in [3.8, 4) is 11.8 Å². The third-order valence-corrected chi connectivity index (χ3v) is 4.65. The molecule has 0 spiro atoms. The fourth-order valence-corrected chi connectivity index (χ4v) is 3.01. The van der Waals surface area contributed by atoms with E-state index in [1.54, 1.807) is 0 Å². The number of rotatable bonds is 6. The molecule has 1 aromatic heterocycles. The maximum atomic E-state index is 12.1. The molecule has 0 unspecified atom stereocenters. The van der Waals surface area contributed by atoms with Gasteiger partial charge < -0.3 is 15.3 Å². The minimum atomic E-state index is -0.0255. The molecule has 2 N–H and O–H groups in total. The Kier molecular flexibility index (Phi) is 5.80. The van der Waals surface area contributed by atoms with Gasteiger partial charge in [-0.15, -0.1) is 11.3 Å². The average Bonchev–Trinajstić information content (AvgIpc) is 3.24. The van der Waals surface area contributed by atoms with E-state index in [2.05, 4.69) is 29.1 Å². The average molecular weight is 306 g/mol. The highest BCUT2D eigenvalue weighted by molar-refractivity contribution is 7.14. The lowest BCUT2D eigenvalue weighted by molar-refractivity contribution is 0.0953. The van der Waals surface area contributed by atoms with Gasteiger partial charge in [0, 0.05) is 25.6 Å². The molecular weight excluding hydrogens is 284 g/mol. The predicted octanol–water partition coefficient (Wildman–Crippen LogP) is 1.61. The SMILES string of the molecule is Cc1cc(C(=O)NCCN(C)C2CC2)sc1C#CCCO. The van der Waals surface area contributed by atoms with E-state index >= 15 is 0 Å². The Morgan fingerprint density at radius 2 is 2.33 bits per heavy atom. The smallest absolute Gasteiger partial charge is 0.261 e. The number of likely N-dealkylation sites (N-methyl/N-ethyl adjacent to an activating group) is 1. The zero-order chi connectivity index (χ0) is 15.2. The van der Waals surface area contributed by atoms with Crippen molar-refractivity contribution in [2.75, 3.05) is 26.7 Å². The zero-order valence-corrected chi connectivity index (χ0v) is 13.4. The minimum absolute atomic E-state index is 0.0255. The molecule has 0 aromatic carbocycles. The van der Waals surface area contributed by atoms with E-state index in [1.807, 2.05) is 13.0 Å². The molecule has 1 saturated carbocycles. The fourth-order valence-electron chi connectivity index (χ4n) is 2.05. The van der Waals surface area contributed by atoms with Crippen LogP contribution in [0, 0.1) is 18.8 Å². The summed E-state index contributed by atoms with van der Waals surface area (Å²) in [6.45, 7) is 3.59. The first-order valence-electron chi connectivity index (χ1n) is 7.30. The highest BCUT2D eigenvalue weighted by Gasteiger charge is 2.25. The second kappa shape index (κ2) is 7.60. The number of carbonyl (C=O) groups excluding carboxylic acids is 1. The molecule has 0 saturated heterocycles. The van der Waals surface area contributed by atoms with Gasteiger partial charge in [-0.25, -0.2) is 0 Å². The Labute approximate surface area is 130 Å². The molecule has 0 radical (unpaired) electrons. The normalized spacial score (nSPS) is 13.9. The van der Waals surface area contributed by atoms with Crippen LogP contribution in [0.1, 0.15) is 39.4 Å². The van der Waals surface area contributed by atoms with Crippen LogP contribution in [0.2, 0.25) is 0 Å². The summed E-state index contributed by atoms with van der Waals surface area (Å²) in [5.41, 5.74) is 1.02. The third-order valence-electron chi connectivity index (χ3n) is 3.50. The Morgan fingerprint density at radius 1 is 1.57 bits per heavy atom. The van der Waals surface area contributed by atoms with E-state index in [-0.39, 0.29) is 12.5 Å². The molecule has 2 rings (SSSR count). The molecule has 0 bridgehead atoms.